The smallest absolute Gasteiger partial charge is 0.243 e. The number of carbonyl (C=O) groups is 2. The lowest BCUT2D eigenvalue weighted by atomic mass is 10.1. The van der Waals surface area contributed by atoms with Crippen molar-refractivity contribution in [1.82, 2.24) is 15.1 Å². The van der Waals surface area contributed by atoms with Gasteiger partial charge >= 0.3 is 0 Å². The first-order valence-electron chi connectivity index (χ1n) is 8.00. The van der Waals surface area contributed by atoms with Crippen LogP contribution < -0.4 is 10.6 Å². The summed E-state index contributed by atoms with van der Waals surface area (Å²) in [5.41, 5.74) is 1.28. The molecule has 0 aliphatic heterocycles. The Kier molecular flexibility index (Phi) is 5.15. The van der Waals surface area contributed by atoms with Gasteiger partial charge in [0.15, 0.2) is 0 Å². The highest BCUT2D eigenvalue weighted by Crippen LogP contribution is 2.24. The molecule has 1 aliphatic carbocycles. The molecule has 1 fully saturated rings. The maximum atomic E-state index is 12.0. The number of para-hydroxylation sites is 1. The van der Waals surface area contributed by atoms with E-state index in [0.29, 0.717) is 10.7 Å². The maximum Gasteiger partial charge on any atom is 0.243 e. The number of nitrogens with zero attached hydrogens (tertiary/aromatic N) is 2. The summed E-state index contributed by atoms with van der Waals surface area (Å²) in [7, 11) is 0. The first-order chi connectivity index (χ1) is 11.6. The highest BCUT2D eigenvalue weighted by atomic mass is 35.5. The summed E-state index contributed by atoms with van der Waals surface area (Å²) in [5.74, 6) is -0.254. The Morgan fingerprint density at radius 3 is 2.75 bits per heavy atom. The first kappa shape index (κ1) is 16.5. The number of amides is 2. The van der Waals surface area contributed by atoms with E-state index in [1.807, 2.05) is 18.2 Å². The molecular weight excluding hydrogens is 328 g/mol. The fraction of sp³-hybridized carbons (Fsp3) is 0.353. The number of hydrogen-bond donors (Lipinski definition) is 2. The normalized spacial score (nSPS) is 14.5. The van der Waals surface area contributed by atoms with Gasteiger partial charge in [0.25, 0.3) is 0 Å². The minimum absolute atomic E-state index is 0.0330. The van der Waals surface area contributed by atoms with Crippen LogP contribution >= 0.6 is 11.6 Å². The molecule has 0 saturated heterocycles. The Morgan fingerprint density at radius 1 is 1.25 bits per heavy atom. The molecule has 0 spiro atoms. The van der Waals surface area contributed by atoms with Gasteiger partial charge in [-0.05, 0) is 25.0 Å². The summed E-state index contributed by atoms with van der Waals surface area (Å²) in [6.07, 6.45) is 7.23. The number of nitrogens with one attached hydrogen (secondary N) is 2. The molecule has 1 saturated carbocycles. The van der Waals surface area contributed by atoms with Crippen molar-refractivity contribution in [3.63, 3.8) is 0 Å². The van der Waals surface area contributed by atoms with Crippen LogP contribution in [-0.4, -0.2) is 28.1 Å². The lowest BCUT2D eigenvalue weighted by Crippen LogP contribution is -2.36. The molecule has 2 aromatic rings. The Labute approximate surface area is 145 Å². The van der Waals surface area contributed by atoms with Gasteiger partial charge in [0.1, 0.15) is 0 Å². The zero-order valence-corrected chi connectivity index (χ0v) is 13.9. The second kappa shape index (κ2) is 7.49. The summed E-state index contributed by atoms with van der Waals surface area (Å²) in [6.45, 7) is -0.0351. The molecule has 7 heteroatoms. The van der Waals surface area contributed by atoms with Crippen molar-refractivity contribution in [3.05, 3.63) is 41.7 Å². The number of benzene rings is 1. The molecule has 24 heavy (non-hydrogen) atoms. The van der Waals surface area contributed by atoms with Gasteiger partial charge in [-0.25, -0.2) is 4.68 Å². The number of rotatable bonds is 5. The molecule has 3 rings (SSSR count). The first-order valence-corrected chi connectivity index (χ1v) is 8.38. The van der Waals surface area contributed by atoms with E-state index in [9.17, 15) is 9.59 Å². The molecule has 126 valence electrons. The molecule has 0 unspecified atom stereocenters. The van der Waals surface area contributed by atoms with Crippen LogP contribution in [0.2, 0.25) is 5.02 Å². The van der Waals surface area contributed by atoms with E-state index in [0.717, 1.165) is 31.4 Å². The number of halogens is 1. The van der Waals surface area contributed by atoms with Crippen molar-refractivity contribution in [2.75, 3.05) is 11.9 Å². The standard InChI is InChI=1S/C17H19ClN4O2/c18-14-7-3-4-8-15(14)22-11-13(9-20-22)21-16(23)10-19-17(24)12-5-1-2-6-12/h3-4,7-9,11-12H,1-2,5-6,10H2,(H,19,24)(H,21,23). The highest BCUT2D eigenvalue weighted by Gasteiger charge is 2.22. The summed E-state index contributed by atoms with van der Waals surface area (Å²) in [4.78, 5) is 23.9. The van der Waals surface area contributed by atoms with Crippen molar-refractivity contribution >= 4 is 29.1 Å². The molecular formula is C17H19ClN4O2. The summed E-state index contributed by atoms with van der Waals surface area (Å²) in [6, 6.07) is 7.31. The number of carbonyl (C=O) groups excluding carboxylic acids is 2. The van der Waals surface area contributed by atoms with Gasteiger partial charge in [0.05, 0.1) is 35.3 Å². The fourth-order valence-electron chi connectivity index (χ4n) is 2.86. The zero-order valence-electron chi connectivity index (χ0n) is 13.2. The average molecular weight is 347 g/mol. The summed E-state index contributed by atoms with van der Waals surface area (Å²) in [5, 5.41) is 10.2. The Balaban J connectivity index is 1.54. The van der Waals surface area contributed by atoms with Gasteiger partial charge in [0, 0.05) is 5.92 Å². The molecule has 1 aromatic carbocycles. The van der Waals surface area contributed by atoms with Gasteiger partial charge in [0.2, 0.25) is 11.8 Å². The van der Waals surface area contributed by atoms with Crippen LogP contribution in [0.15, 0.2) is 36.7 Å². The summed E-state index contributed by atoms with van der Waals surface area (Å²) >= 11 is 6.12. The van der Waals surface area contributed by atoms with Crippen LogP contribution in [0.4, 0.5) is 5.69 Å². The molecule has 0 bridgehead atoms. The summed E-state index contributed by atoms with van der Waals surface area (Å²) < 4.78 is 1.59. The van der Waals surface area contributed by atoms with E-state index in [2.05, 4.69) is 15.7 Å². The second-order valence-corrected chi connectivity index (χ2v) is 6.28. The molecule has 6 nitrogen and oxygen atoms in total. The van der Waals surface area contributed by atoms with Crippen molar-refractivity contribution in [1.29, 1.82) is 0 Å². The van der Waals surface area contributed by atoms with Crippen LogP contribution in [0.5, 0.6) is 0 Å². The van der Waals surface area contributed by atoms with Crippen LogP contribution in [0, 0.1) is 5.92 Å². The van der Waals surface area contributed by atoms with Gasteiger partial charge in [-0.3, -0.25) is 9.59 Å². The third-order valence-electron chi connectivity index (χ3n) is 4.11. The lowest BCUT2D eigenvalue weighted by molar-refractivity contribution is -0.127. The van der Waals surface area contributed by atoms with E-state index in [1.54, 1.807) is 23.1 Å². The molecule has 1 aliphatic rings. The van der Waals surface area contributed by atoms with Gasteiger partial charge in [-0.15, -0.1) is 0 Å². The van der Waals surface area contributed by atoms with Gasteiger partial charge < -0.3 is 10.6 Å². The predicted octanol–water partition coefficient (Wildman–Crippen LogP) is 2.77. The Morgan fingerprint density at radius 2 is 2.00 bits per heavy atom. The van der Waals surface area contributed by atoms with E-state index < -0.39 is 0 Å². The number of anilines is 1. The van der Waals surface area contributed by atoms with Crippen LogP contribution in [-0.2, 0) is 9.59 Å². The Bertz CT molecular complexity index is 738. The quantitative estimate of drug-likeness (QED) is 0.874. The fourth-order valence-corrected chi connectivity index (χ4v) is 3.08. The van der Waals surface area contributed by atoms with Crippen LogP contribution in [0.1, 0.15) is 25.7 Å². The van der Waals surface area contributed by atoms with Crippen LogP contribution in [0.3, 0.4) is 0 Å². The minimum atomic E-state index is -0.278. The monoisotopic (exact) mass is 346 g/mol. The minimum Gasteiger partial charge on any atom is -0.347 e. The maximum absolute atomic E-state index is 12.0. The van der Waals surface area contributed by atoms with Crippen molar-refractivity contribution in [2.45, 2.75) is 25.7 Å². The molecule has 2 N–H and O–H groups in total. The SMILES string of the molecule is O=C(CNC(=O)C1CCCC1)Nc1cnn(-c2ccccc2Cl)c1. The largest absolute Gasteiger partial charge is 0.347 e. The topological polar surface area (TPSA) is 76.0 Å². The molecule has 1 heterocycles. The van der Waals surface area contributed by atoms with E-state index in [1.165, 1.54) is 0 Å². The van der Waals surface area contributed by atoms with Crippen molar-refractivity contribution < 1.29 is 9.59 Å². The van der Waals surface area contributed by atoms with E-state index >= 15 is 0 Å². The lowest BCUT2D eigenvalue weighted by Gasteiger charge is -2.09. The van der Waals surface area contributed by atoms with Crippen LogP contribution in [0.25, 0.3) is 5.69 Å². The van der Waals surface area contributed by atoms with Gasteiger partial charge in [-0.2, -0.15) is 5.10 Å². The highest BCUT2D eigenvalue weighted by molar-refractivity contribution is 6.32. The molecule has 0 radical (unpaired) electrons. The zero-order chi connectivity index (χ0) is 16.9. The van der Waals surface area contributed by atoms with Gasteiger partial charge in [-0.1, -0.05) is 36.6 Å². The molecule has 2 amide bonds. The molecule has 1 aromatic heterocycles. The van der Waals surface area contributed by atoms with E-state index in [4.69, 9.17) is 11.6 Å². The Hall–Kier alpha value is -2.34. The average Bonchev–Trinajstić information content (AvgIpc) is 3.25. The number of hydrogen-bond acceptors (Lipinski definition) is 3. The predicted molar refractivity (Wildman–Crippen MR) is 92.2 cm³/mol. The number of aromatic nitrogens is 2. The third kappa shape index (κ3) is 3.94. The second-order valence-electron chi connectivity index (χ2n) is 5.87. The third-order valence-corrected chi connectivity index (χ3v) is 4.43. The van der Waals surface area contributed by atoms with Crippen molar-refractivity contribution in [3.8, 4) is 5.69 Å². The van der Waals surface area contributed by atoms with Crippen molar-refractivity contribution in [2.24, 2.45) is 5.92 Å². The molecule has 0 atom stereocenters. The van der Waals surface area contributed by atoms with E-state index in [-0.39, 0.29) is 24.3 Å².